The molecule has 0 spiro atoms. The third kappa shape index (κ3) is 6.14. The Kier molecular flexibility index (Phi) is 8.64. The standard InChI is InChI=1S/C18H29N5O.HI/c1-12(2)23-10-13(3)16(11-23)22-18(20-4)21-9-14-6-5-7-15(8-14)17(19)24;/h5-8,12-13,16H,9-11H2,1-4H3,(H2,19,24)(H2,20,21,22);1H. The van der Waals surface area contributed by atoms with E-state index in [1.165, 1.54) is 0 Å². The molecular weight excluding hydrogens is 429 g/mol. The first kappa shape index (κ1) is 21.7. The molecule has 1 aliphatic heterocycles. The number of nitrogens with one attached hydrogen (secondary N) is 2. The smallest absolute Gasteiger partial charge is 0.248 e. The Balaban J connectivity index is 0.00000312. The van der Waals surface area contributed by atoms with Gasteiger partial charge in [0.2, 0.25) is 5.91 Å². The number of benzene rings is 1. The largest absolute Gasteiger partial charge is 0.366 e. The molecule has 0 aliphatic carbocycles. The first-order valence-electron chi connectivity index (χ1n) is 8.50. The van der Waals surface area contributed by atoms with Gasteiger partial charge in [0.15, 0.2) is 5.96 Å². The first-order chi connectivity index (χ1) is 11.4. The number of carbonyl (C=O) groups excluding carboxylic acids is 1. The summed E-state index contributed by atoms with van der Waals surface area (Å²) in [6.45, 7) is 9.45. The van der Waals surface area contributed by atoms with Crippen molar-refractivity contribution >= 4 is 35.8 Å². The van der Waals surface area contributed by atoms with E-state index in [9.17, 15) is 4.79 Å². The van der Waals surface area contributed by atoms with E-state index in [0.717, 1.165) is 24.6 Å². The van der Waals surface area contributed by atoms with Crippen LogP contribution in [0.3, 0.4) is 0 Å². The zero-order valence-corrected chi connectivity index (χ0v) is 17.8. The Bertz CT molecular complexity index is 605. The summed E-state index contributed by atoms with van der Waals surface area (Å²) in [5.74, 6) is 0.944. The number of nitrogens with zero attached hydrogens (tertiary/aromatic N) is 2. The van der Waals surface area contributed by atoms with Crippen LogP contribution in [0.5, 0.6) is 0 Å². The van der Waals surface area contributed by atoms with Gasteiger partial charge in [0.25, 0.3) is 0 Å². The average molecular weight is 459 g/mol. The number of guanidine groups is 1. The molecule has 2 unspecified atom stereocenters. The fourth-order valence-corrected chi connectivity index (χ4v) is 3.00. The van der Waals surface area contributed by atoms with Crippen molar-refractivity contribution in [3.05, 3.63) is 35.4 Å². The van der Waals surface area contributed by atoms with Gasteiger partial charge >= 0.3 is 0 Å². The summed E-state index contributed by atoms with van der Waals surface area (Å²) in [6.07, 6.45) is 0. The monoisotopic (exact) mass is 459 g/mol. The lowest BCUT2D eigenvalue weighted by atomic mass is 10.1. The van der Waals surface area contributed by atoms with E-state index < -0.39 is 5.91 Å². The van der Waals surface area contributed by atoms with Crippen LogP contribution in [0.15, 0.2) is 29.3 Å². The minimum Gasteiger partial charge on any atom is -0.366 e. The number of rotatable bonds is 5. The maximum atomic E-state index is 11.3. The molecule has 2 atom stereocenters. The predicted molar refractivity (Wildman–Crippen MR) is 113 cm³/mol. The van der Waals surface area contributed by atoms with Crippen LogP contribution in [0.2, 0.25) is 0 Å². The van der Waals surface area contributed by atoms with Crippen LogP contribution in [0.25, 0.3) is 0 Å². The molecule has 140 valence electrons. The molecule has 25 heavy (non-hydrogen) atoms. The minimum atomic E-state index is -0.409. The summed E-state index contributed by atoms with van der Waals surface area (Å²) >= 11 is 0. The highest BCUT2D eigenvalue weighted by Gasteiger charge is 2.31. The van der Waals surface area contributed by atoms with E-state index in [4.69, 9.17) is 5.73 Å². The molecule has 2 rings (SSSR count). The average Bonchev–Trinajstić information content (AvgIpc) is 2.92. The molecule has 7 heteroatoms. The number of primary amides is 1. The van der Waals surface area contributed by atoms with Crippen LogP contribution in [-0.4, -0.2) is 49.0 Å². The van der Waals surface area contributed by atoms with E-state index in [2.05, 4.69) is 41.3 Å². The number of hydrogen-bond acceptors (Lipinski definition) is 3. The van der Waals surface area contributed by atoms with E-state index in [1.54, 1.807) is 19.2 Å². The van der Waals surface area contributed by atoms with Gasteiger partial charge in [-0.05, 0) is 37.5 Å². The number of halogens is 1. The number of amides is 1. The molecule has 0 aromatic heterocycles. The van der Waals surface area contributed by atoms with Crippen molar-refractivity contribution in [2.24, 2.45) is 16.6 Å². The molecule has 6 nitrogen and oxygen atoms in total. The molecule has 1 aromatic carbocycles. The van der Waals surface area contributed by atoms with Gasteiger partial charge in [-0.15, -0.1) is 24.0 Å². The van der Waals surface area contributed by atoms with Crippen molar-refractivity contribution in [2.45, 2.75) is 39.4 Å². The molecule has 0 radical (unpaired) electrons. The number of aliphatic imine (C=N–C) groups is 1. The zero-order valence-electron chi connectivity index (χ0n) is 15.5. The van der Waals surface area contributed by atoms with Crippen molar-refractivity contribution < 1.29 is 4.79 Å². The summed E-state index contributed by atoms with van der Waals surface area (Å²) in [6, 6.07) is 8.28. The van der Waals surface area contributed by atoms with Crippen molar-refractivity contribution in [2.75, 3.05) is 20.1 Å². The first-order valence-corrected chi connectivity index (χ1v) is 8.50. The Labute approximate surface area is 167 Å². The third-order valence-electron chi connectivity index (χ3n) is 4.59. The quantitative estimate of drug-likeness (QED) is 0.356. The van der Waals surface area contributed by atoms with Crippen LogP contribution < -0.4 is 16.4 Å². The molecule has 1 aliphatic rings. The molecule has 1 heterocycles. The van der Waals surface area contributed by atoms with Gasteiger partial charge in [-0.25, -0.2) is 0 Å². The highest BCUT2D eigenvalue weighted by atomic mass is 127. The van der Waals surface area contributed by atoms with Crippen molar-refractivity contribution in [1.29, 1.82) is 0 Å². The van der Waals surface area contributed by atoms with E-state index in [0.29, 0.717) is 30.1 Å². The van der Waals surface area contributed by atoms with Gasteiger partial charge < -0.3 is 16.4 Å². The second kappa shape index (κ2) is 9.96. The second-order valence-electron chi connectivity index (χ2n) is 6.77. The lowest BCUT2D eigenvalue weighted by molar-refractivity contribution is 0.1000. The summed E-state index contributed by atoms with van der Waals surface area (Å²) in [5.41, 5.74) is 6.85. The Morgan fingerprint density at radius 3 is 2.68 bits per heavy atom. The molecule has 0 bridgehead atoms. The Morgan fingerprint density at radius 2 is 2.12 bits per heavy atom. The summed E-state index contributed by atoms with van der Waals surface area (Å²) in [4.78, 5) is 18.1. The molecule has 1 fully saturated rings. The molecule has 0 saturated carbocycles. The van der Waals surface area contributed by atoms with Crippen LogP contribution in [0.1, 0.15) is 36.7 Å². The van der Waals surface area contributed by atoms with Gasteiger partial charge in [-0.1, -0.05) is 19.1 Å². The summed E-state index contributed by atoms with van der Waals surface area (Å²) < 4.78 is 0. The summed E-state index contributed by atoms with van der Waals surface area (Å²) in [5, 5.41) is 6.83. The topological polar surface area (TPSA) is 82.7 Å². The molecule has 1 amide bonds. The molecule has 4 N–H and O–H groups in total. The normalized spacial score (nSPS) is 21.1. The number of nitrogens with two attached hydrogens (primary N) is 1. The number of hydrogen-bond donors (Lipinski definition) is 3. The van der Waals surface area contributed by atoms with Crippen molar-refractivity contribution in [1.82, 2.24) is 15.5 Å². The van der Waals surface area contributed by atoms with Crippen molar-refractivity contribution in [3.63, 3.8) is 0 Å². The lowest BCUT2D eigenvalue weighted by Gasteiger charge is -2.22. The zero-order chi connectivity index (χ0) is 17.7. The van der Waals surface area contributed by atoms with Gasteiger partial charge in [-0.3, -0.25) is 14.7 Å². The Hall–Kier alpha value is -1.35. The predicted octanol–water partition coefficient (Wildman–Crippen LogP) is 1.80. The van der Waals surface area contributed by atoms with E-state index in [1.807, 2.05) is 12.1 Å². The SMILES string of the molecule is CN=C(NCc1cccc(C(N)=O)c1)NC1CN(C(C)C)CC1C.I. The van der Waals surface area contributed by atoms with Gasteiger partial charge in [-0.2, -0.15) is 0 Å². The van der Waals surface area contributed by atoms with Crippen LogP contribution in [0, 0.1) is 5.92 Å². The third-order valence-corrected chi connectivity index (χ3v) is 4.59. The fraction of sp³-hybridized carbons (Fsp3) is 0.556. The van der Waals surface area contributed by atoms with E-state index in [-0.39, 0.29) is 24.0 Å². The van der Waals surface area contributed by atoms with Gasteiger partial charge in [0.1, 0.15) is 0 Å². The van der Waals surface area contributed by atoms with Crippen LogP contribution in [0.4, 0.5) is 0 Å². The van der Waals surface area contributed by atoms with Gasteiger partial charge in [0.05, 0.1) is 0 Å². The highest BCUT2D eigenvalue weighted by molar-refractivity contribution is 14.0. The van der Waals surface area contributed by atoms with Gasteiger partial charge in [0, 0.05) is 44.3 Å². The fourth-order valence-electron chi connectivity index (χ4n) is 3.00. The number of likely N-dealkylation sites (tertiary alicyclic amines) is 1. The van der Waals surface area contributed by atoms with Crippen LogP contribution >= 0.6 is 24.0 Å². The minimum absolute atomic E-state index is 0. The maximum Gasteiger partial charge on any atom is 0.248 e. The highest BCUT2D eigenvalue weighted by Crippen LogP contribution is 2.18. The Morgan fingerprint density at radius 1 is 1.40 bits per heavy atom. The van der Waals surface area contributed by atoms with Crippen molar-refractivity contribution in [3.8, 4) is 0 Å². The second-order valence-corrected chi connectivity index (χ2v) is 6.77. The number of carbonyl (C=O) groups is 1. The maximum absolute atomic E-state index is 11.3. The van der Waals surface area contributed by atoms with E-state index >= 15 is 0 Å². The molecule has 1 saturated heterocycles. The molecule has 1 aromatic rings. The lowest BCUT2D eigenvalue weighted by Crippen LogP contribution is -2.46. The summed E-state index contributed by atoms with van der Waals surface area (Å²) in [7, 11) is 1.77. The molecular formula is C18H30IN5O. The van der Waals surface area contributed by atoms with Crippen LogP contribution in [-0.2, 0) is 6.54 Å².